The zero-order chi connectivity index (χ0) is 44.8. The van der Waals surface area contributed by atoms with Gasteiger partial charge in [-0.15, -0.1) is 13.2 Å². The summed E-state index contributed by atoms with van der Waals surface area (Å²) in [5.74, 6) is 0. The molecule has 15 heteroatoms. The van der Waals surface area contributed by atoms with Crippen molar-refractivity contribution < 1.29 is 40.6 Å². The highest BCUT2D eigenvalue weighted by Gasteiger charge is 2.46. The smallest absolute Gasteiger partial charge is 0.422 e. The van der Waals surface area contributed by atoms with Gasteiger partial charge in [0.25, 0.3) is 0 Å². The van der Waals surface area contributed by atoms with Crippen LogP contribution in [0.5, 0.6) is 0 Å². The van der Waals surface area contributed by atoms with E-state index in [-0.39, 0.29) is 20.1 Å². The average Bonchev–Trinajstić information content (AvgIpc) is 3.25. The number of likely N-dealkylation sites (N-methyl/N-ethyl adjacent to an activating group) is 2. The SMILES string of the molecule is C.C=CCN(C)c1ccc2cc3cc(-c4cc[n+](C)cc4)c(=O)oc3cc2c1.C=CCN(C)c1ccc2cc3cc(-c4ccncc4)c(=O)oc3cc2c1.COS(=O)(=O)C(F)(F)F.[H+]. The quantitative estimate of drug-likeness (QED) is 0.0345. The minimum Gasteiger partial charge on any atom is -0.422 e. The van der Waals surface area contributed by atoms with E-state index >= 15 is 0 Å². The number of nitrogens with zero attached hydrogens (tertiary/aromatic N) is 4. The van der Waals surface area contributed by atoms with Gasteiger partial charge in [0, 0.05) is 79.4 Å². The number of pyridine rings is 2. The van der Waals surface area contributed by atoms with Gasteiger partial charge >= 0.3 is 28.3 Å². The summed E-state index contributed by atoms with van der Waals surface area (Å²) in [5, 5.41) is 6.10. The highest BCUT2D eigenvalue weighted by Crippen LogP contribution is 2.30. The van der Waals surface area contributed by atoms with E-state index in [1.807, 2.05) is 86.7 Å². The number of rotatable bonds is 9. The normalized spacial score (nSPS) is 11.2. The molecule has 0 aliphatic rings. The number of fused-ring (bicyclic) bond motifs is 4. The average molecular weight is 881 g/mol. The zero-order valence-corrected chi connectivity index (χ0v) is 35.0. The molecule has 0 saturated carbocycles. The molecule has 8 aromatic rings. The van der Waals surface area contributed by atoms with Gasteiger partial charge in [-0.2, -0.15) is 21.6 Å². The molecule has 0 N–H and O–H groups in total. The summed E-state index contributed by atoms with van der Waals surface area (Å²) in [5.41, 5.74) is 0.171. The standard InChI is InChI=1S/C23H21N2O2.C22H18N2O2.C2H3F3O3S.CH4/c1-4-9-25(3)20-6-5-17-12-19-14-21(16-7-10-24(2)11-8-16)23(26)27-22(19)15-18(17)13-20;1-3-10-24(2)19-5-4-16-11-18-13-20(15-6-8-23-9-7-15)22(25)26-21(18)14-17(16)12-19;1-8-9(6,7)2(3,4)5;/h4-8,10-15H,1,9H2,2-3H3;3-9,11-14H,1,10H2,2H3;1H3;1H4/q+1;;;/p+1. The Morgan fingerprint density at radius 1 is 0.683 bits per heavy atom. The van der Waals surface area contributed by atoms with Gasteiger partial charge in [-0.05, 0) is 99.9 Å². The second kappa shape index (κ2) is 19.7. The van der Waals surface area contributed by atoms with E-state index in [1.54, 1.807) is 24.5 Å². The van der Waals surface area contributed by atoms with Crippen molar-refractivity contribution in [1.82, 2.24) is 4.98 Å². The van der Waals surface area contributed by atoms with Crippen LogP contribution in [0.2, 0.25) is 0 Å². The molecule has 0 aliphatic heterocycles. The molecule has 4 aromatic heterocycles. The number of aromatic nitrogens is 2. The summed E-state index contributed by atoms with van der Waals surface area (Å²) in [6.07, 6.45) is 10.9. The maximum atomic E-state index is 12.5. The molecule has 326 valence electrons. The van der Waals surface area contributed by atoms with E-state index in [0.29, 0.717) is 29.4 Å². The van der Waals surface area contributed by atoms with Gasteiger partial charge in [0.1, 0.15) is 18.2 Å². The lowest BCUT2D eigenvalue weighted by atomic mass is 10.0. The number of hydrogen-bond donors (Lipinski definition) is 0. The van der Waals surface area contributed by atoms with E-state index in [2.05, 4.69) is 80.7 Å². The Kier molecular flexibility index (Phi) is 14.7. The maximum absolute atomic E-state index is 12.5. The van der Waals surface area contributed by atoms with Gasteiger partial charge < -0.3 is 18.6 Å². The fourth-order valence-electron chi connectivity index (χ4n) is 6.49. The van der Waals surface area contributed by atoms with Gasteiger partial charge in [-0.25, -0.2) is 14.2 Å². The highest BCUT2D eigenvalue weighted by atomic mass is 32.2. The van der Waals surface area contributed by atoms with Crippen LogP contribution < -0.4 is 25.6 Å². The summed E-state index contributed by atoms with van der Waals surface area (Å²) >= 11 is 0. The topological polar surface area (TPSA) is 127 Å². The molecule has 11 nitrogen and oxygen atoms in total. The Labute approximate surface area is 363 Å². The number of anilines is 2. The minimum atomic E-state index is -5.34. The molecule has 0 atom stereocenters. The first-order chi connectivity index (χ1) is 29.5. The van der Waals surface area contributed by atoms with Gasteiger partial charge in [-0.1, -0.05) is 31.7 Å². The molecule has 0 amide bonds. The lowest BCUT2D eigenvalue weighted by Crippen LogP contribution is -2.25. The zero-order valence-electron chi connectivity index (χ0n) is 35.2. The molecule has 0 saturated heterocycles. The maximum Gasteiger partial charge on any atom is 1.00 e. The molecule has 0 fully saturated rings. The third kappa shape index (κ3) is 10.9. The van der Waals surface area contributed by atoms with E-state index in [1.165, 1.54) is 0 Å². The van der Waals surface area contributed by atoms with Crippen LogP contribution in [0.15, 0.2) is 166 Å². The Morgan fingerprint density at radius 2 is 1.11 bits per heavy atom. The second-order valence-corrected chi connectivity index (χ2v) is 15.8. The summed E-state index contributed by atoms with van der Waals surface area (Å²) in [7, 11) is 1.10. The minimum absolute atomic E-state index is 0. The van der Waals surface area contributed by atoms with Crippen molar-refractivity contribution in [2.45, 2.75) is 12.9 Å². The monoisotopic (exact) mass is 880 g/mol. The summed E-state index contributed by atoms with van der Waals surface area (Å²) in [4.78, 5) is 33.2. The largest absolute Gasteiger partial charge is 1.00 e. The van der Waals surface area contributed by atoms with E-state index in [9.17, 15) is 31.2 Å². The van der Waals surface area contributed by atoms with Crippen LogP contribution in [0.3, 0.4) is 0 Å². The second-order valence-electron chi connectivity index (χ2n) is 14.1. The van der Waals surface area contributed by atoms with Crippen LogP contribution in [0, 0.1) is 0 Å². The van der Waals surface area contributed by atoms with Crippen molar-refractivity contribution in [3.05, 3.63) is 168 Å². The van der Waals surface area contributed by atoms with E-state index in [0.717, 1.165) is 67.9 Å². The van der Waals surface area contributed by atoms with Crippen molar-refractivity contribution in [3.63, 3.8) is 0 Å². The van der Waals surface area contributed by atoms with Crippen LogP contribution in [0.25, 0.3) is 65.7 Å². The lowest BCUT2D eigenvalue weighted by Gasteiger charge is -2.17. The summed E-state index contributed by atoms with van der Waals surface area (Å²) < 4.78 is 69.0. The van der Waals surface area contributed by atoms with Crippen molar-refractivity contribution in [2.24, 2.45) is 7.05 Å². The van der Waals surface area contributed by atoms with Crippen LogP contribution in [-0.2, 0) is 21.3 Å². The molecule has 0 unspecified atom stereocenters. The Morgan fingerprint density at radius 3 is 1.49 bits per heavy atom. The van der Waals surface area contributed by atoms with Crippen LogP contribution in [-0.4, -0.2) is 53.2 Å². The molecule has 8 rings (SSSR count). The summed E-state index contributed by atoms with van der Waals surface area (Å²) in [6, 6.07) is 31.8. The Bertz CT molecular complexity index is 3160. The van der Waals surface area contributed by atoms with E-state index < -0.39 is 15.6 Å². The molecule has 63 heavy (non-hydrogen) atoms. The van der Waals surface area contributed by atoms with Gasteiger partial charge in [0.05, 0.1) is 18.2 Å². The van der Waals surface area contributed by atoms with Crippen molar-refractivity contribution in [3.8, 4) is 22.3 Å². The van der Waals surface area contributed by atoms with Crippen molar-refractivity contribution in [1.29, 1.82) is 0 Å². The molecular weight excluding hydrogens is 834 g/mol. The first-order valence-corrected chi connectivity index (χ1v) is 20.3. The van der Waals surface area contributed by atoms with E-state index in [4.69, 9.17) is 8.83 Å². The summed E-state index contributed by atoms with van der Waals surface area (Å²) in [6.45, 7) is 9.10. The lowest BCUT2D eigenvalue weighted by molar-refractivity contribution is -0.671. The fraction of sp³-hybridized carbons (Fsp3) is 0.167. The van der Waals surface area contributed by atoms with Crippen LogP contribution in [0.1, 0.15) is 8.85 Å². The third-order valence-electron chi connectivity index (χ3n) is 9.82. The van der Waals surface area contributed by atoms with Crippen LogP contribution >= 0.6 is 0 Å². The molecule has 0 spiro atoms. The van der Waals surface area contributed by atoms with Crippen molar-refractivity contribution in [2.75, 3.05) is 44.1 Å². The molecule has 4 heterocycles. The predicted octanol–water partition coefficient (Wildman–Crippen LogP) is 9.92. The van der Waals surface area contributed by atoms with Gasteiger partial charge in [-0.3, -0.25) is 9.17 Å². The molecule has 0 bridgehead atoms. The number of halogens is 3. The molecule has 0 aliphatic carbocycles. The Balaban J connectivity index is 0.000000230. The molecule has 4 aromatic carbocycles. The number of benzene rings is 4. The number of alkyl halides is 3. The molecular formula is C48H47F3N4O7S+2. The Hall–Kier alpha value is -7.10. The molecule has 0 radical (unpaired) electrons. The first kappa shape index (κ1) is 47.0. The van der Waals surface area contributed by atoms with Crippen LogP contribution in [0.4, 0.5) is 24.5 Å². The number of aryl methyl sites for hydroxylation is 1. The third-order valence-corrected chi connectivity index (χ3v) is 10.8. The highest BCUT2D eigenvalue weighted by molar-refractivity contribution is 7.87. The fourth-order valence-corrected chi connectivity index (χ4v) is 6.68. The van der Waals surface area contributed by atoms with Gasteiger partial charge in [0.15, 0.2) is 12.4 Å². The number of hydrogen-bond acceptors (Lipinski definition) is 10. The predicted molar refractivity (Wildman–Crippen MR) is 247 cm³/mol. The van der Waals surface area contributed by atoms with Crippen molar-refractivity contribution >= 4 is 65.0 Å². The van der Waals surface area contributed by atoms with Gasteiger partial charge in [0.2, 0.25) is 0 Å². The first-order valence-electron chi connectivity index (χ1n) is 18.9.